The molecule has 4 nitrogen and oxygen atoms in total. The molecule has 106 valence electrons. The van der Waals surface area contributed by atoms with Gasteiger partial charge in [0.2, 0.25) is 0 Å². The minimum Gasteiger partial charge on any atom is -0.321 e. The molecule has 0 aliphatic rings. The third-order valence-electron chi connectivity index (χ3n) is 2.77. The Labute approximate surface area is 122 Å². The van der Waals surface area contributed by atoms with Gasteiger partial charge in [-0.3, -0.25) is 9.78 Å². The Bertz CT molecular complexity index is 732. The molecule has 0 spiro atoms. The third-order valence-corrected chi connectivity index (χ3v) is 2.77. The first-order chi connectivity index (χ1) is 10.1. The lowest BCUT2D eigenvalue weighted by molar-refractivity contribution is 0.102. The van der Waals surface area contributed by atoms with Crippen LogP contribution in [-0.4, -0.2) is 17.4 Å². The van der Waals surface area contributed by atoms with E-state index in [9.17, 15) is 9.18 Å². The van der Waals surface area contributed by atoms with Gasteiger partial charge in [-0.2, -0.15) is 0 Å². The van der Waals surface area contributed by atoms with Gasteiger partial charge in [0.05, 0.1) is 24.0 Å². The standard InChI is InChI=1S/C16H14FN3O/c1-11-4-5-12(3-2-7-18)15(9-11)20-16(21)13-6-8-19-10-14(13)17/h4-6,8-10H,7,18H2,1H3,(H,20,21). The van der Waals surface area contributed by atoms with E-state index in [4.69, 9.17) is 5.73 Å². The van der Waals surface area contributed by atoms with Crippen molar-refractivity contribution in [3.8, 4) is 11.8 Å². The number of rotatable bonds is 2. The van der Waals surface area contributed by atoms with Gasteiger partial charge in [-0.15, -0.1) is 0 Å². The van der Waals surface area contributed by atoms with E-state index in [0.717, 1.165) is 11.8 Å². The Balaban J connectivity index is 2.33. The van der Waals surface area contributed by atoms with E-state index in [1.165, 1.54) is 12.3 Å². The second kappa shape index (κ2) is 6.64. The highest BCUT2D eigenvalue weighted by Gasteiger charge is 2.13. The van der Waals surface area contributed by atoms with Gasteiger partial charge in [0, 0.05) is 11.8 Å². The lowest BCUT2D eigenvalue weighted by Crippen LogP contribution is -2.15. The normalized spacial score (nSPS) is 9.67. The molecule has 1 heterocycles. The van der Waals surface area contributed by atoms with Crippen molar-refractivity contribution in [2.75, 3.05) is 11.9 Å². The molecule has 0 unspecified atom stereocenters. The molecule has 0 fully saturated rings. The second-order valence-corrected chi connectivity index (χ2v) is 4.36. The van der Waals surface area contributed by atoms with Gasteiger partial charge < -0.3 is 11.1 Å². The fraction of sp³-hybridized carbons (Fsp3) is 0.125. The average Bonchev–Trinajstić information content (AvgIpc) is 2.47. The molecule has 1 amide bonds. The molecule has 5 heteroatoms. The molecule has 0 atom stereocenters. The van der Waals surface area contributed by atoms with E-state index in [0.29, 0.717) is 11.3 Å². The molecular formula is C16H14FN3O. The highest BCUT2D eigenvalue weighted by molar-refractivity contribution is 6.05. The topological polar surface area (TPSA) is 68.0 Å². The van der Waals surface area contributed by atoms with E-state index >= 15 is 0 Å². The van der Waals surface area contributed by atoms with Crippen molar-refractivity contribution < 1.29 is 9.18 Å². The number of nitrogens with two attached hydrogens (primary N) is 1. The first-order valence-corrected chi connectivity index (χ1v) is 6.32. The number of halogens is 1. The lowest BCUT2D eigenvalue weighted by atomic mass is 10.1. The van der Waals surface area contributed by atoms with Crippen molar-refractivity contribution in [3.63, 3.8) is 0 Å². The summed E-state index contributed by atoms with van der Waals surface area (Å²) < 4.78 is 13.6. The van der Waals surface area contributed by atoms with Gasteiger partial charge in [0.25, 0.3) is 5.91 Å². The molecule has 0 aliphatic heterocycles. The van der Waals surface area contributed by atoms with Crippen molar-refractivity contribution in [1.82, 2.24) is 4.98 Å². The number of anilines is 1. The molecule has 0 saturated carbocycles. The maximum atomic E-state index is 13.6. The molecule has 2 aromatic rings. The maximum absolute atomic E-state index is 13.6. The van der Waals surface area contributed by atoms with E-state index in [1.807, 2.05) is 13.0 Å². The second-order valence-electron chi connectivity index (χ2n) is 4.36. The smallest absolute Gasteiger partial charge is 0.258 e. The van der Waals surface area contributed by atoms with Crippen LogP contribution in [0.5, 0.6) is 0 Å². The summed E-state index contributed by atoms with van der Waals surface area (Å²) in [7, 11) is 0. The summed E-state index contributed by atoms with van der Waals surface area (Å²) in [6, 6.07) is 6.77. The molecule has 3 N–H and O–H groups in total. The zero-order chi connectivity index (χ0) is 15.2. The lowest BCUT2D eigenvalue weighted by Gasteiger charge is -2.09. The van der Waals surface area contributed by atoms with Crippen LogP contribution in [0.3, 0.4) is 0 Å². The molecule has 21 heavy (non-hydrogen) atoms. The van der Waals surface area contributed by atoms with Gasteiger partial charge in [0.1, 0.15) is 0 Å². The van der Waals surface area contributed by atoms with Crippen molar-refractivity contribution in [1.29, 1.82) is 0 Å². The molecule has 0 radical (unpaired) electrons. The minimum atomic E-state index is -0.669. The number of hydrogen-bond acceptors (Lipinski definition) is 3. The van der Waals surface area contributed by atoms with Gasteiger partial charge >= 0.3 is 0 Å². The Morgan fingerprint density at radius 3 is 2.95 bits per heavy atom. The first-order valence-electron chi connectivity index (χ1n) is 6.32. The number of hydrogen-bond donors (Lipinski definition) is 2. The summed E-state index contributed by atoms with van der Waals surface area (Å²) in [6.07, 6.45) is 2.36. The highest BCUT2D eigenvalue weighted by atomic mass is 19.1. The summed E-state index contributed by atoms with van der Waals surface area (Å²) in [4.78, 5) is 15.7. The molecular weight excluding hydrogens is 269 g/mol. The molecule has 1 aromatic carbocycles. The van der Waals surface area contributed by atoms with Gasteiger partial charge in [0.15, 0.2) is 5.82 Å². The Hall–Kier alpha value is -2.71. The Kier molecular flexibility index (Phi) is 4.64. The number of benzene rings is 1. The van der Waals surface area contributed by atoms with Gasteiger partial charge in [-0.1, -0.05) is 17.9 Å². The predicted molar refractivity (Wildman–Crippen MR) is 79.3 cm³/mol. The SMILES string of the molecule is Cc1ccc(C#CCN)c(NC(=O)c2ccncc2F)c1. The van der Waals surface area contributed by atoms with E-state index in [2.05, 4.69) is 22.1 Å². The summed E-state index contributed by atoms with van der Waals surface area (Å²) in [5.41, 5.74) is 7.40. The Morgan fingerprint density at radius 1 is 1.43 bits per heavy atom. The zero-order valence-electron chi connectivity index (χ0n) is 11.5. The monoisotopic (exact) mass is 283 g/mol. The highest BCUT2D eigenvalue weighted by Crippen LogP contribution is 2.18. The van der Waals surface area contributed by atoms with E-state index in [-0.39, 0.29) is 12.1 Å². The van der Waals surface area contributed by atoms with Crippen LogP contribution in [0.2, 0.25) is 0 Å². The minimum absolute atomic E-state index is 0.0655. The molecule has 1 aromatic heterocycles. The summed E-state index contributed by atoms with van der Waals surface area (Å²) in [5.74, 6) is 4.39. The molecule has 2 rings (SSSR count). The van der Waals surface area contributed by atoms with E-state index < -0.39 is 11.7 Å². The van der Waals surface area contributed by atoms with Crippen LogP contribution < -0.4 is 11.1 Å². The van der Waals surface area contributed by atoms with Crippen LogP contribution in [0.15, 0.2) is 36.7 Å². The van der Waals surface area contributed by atoms with Crippen molar-refractivity contribution in [3.05, 3.63) is 59.2 Å². The van der Waals surface area contributed by atoms with Gasteiger partial charge in [-0.05, 0) is 30.7 Å². The van der Waals surface area contributed by atoms with Crippen LogP contribution in [0.1, 0.15) is 21.5 Å². The van der Waals surface area contributed by atoms with Crippen molar-refractivity contribution in [2.24, 2.45) is 5.73 Å². The van der Waals surface area contributed by atoms with Crippen LogP contribution in [0.25, 0.3) is 0 Å². The van der Waals surface area contributed by atoms with Crippen LogP contribution in [0, 0.1) is 24.6 Å². The average molecular weight is 283 g/mol. The number of carbonyl (C=O) groups is 1. The summed E-state index contributed by atoms with van der Waals surface area (Å²) >= 11 is 0. The number of aryl methyl sites for hydroxylation is 1. The fourth-order valence-corrected chi connectivity index (χ4v) is 1.77. The van der Waals surface area contributed by atoms with Crippen molar-refractivity contribution >= 4 is 11.6 Å². The summed E-state index contributed by atoms with van der Waals surface area (Å²) in [5, 5.41) is 2.67. The molecule has 0 bridgehead atoms. The number of pyridine rings is 1. The van der Waals surface area contributed by atoms with Gasteiger partial charge in [-0.25, -0.2) is 4.39 Å². The Morgan fingerprint density at radius 2 is 2.24 bits per heavy atom. The van der Waals surface area contributed by atoms with Crippen LogP contribution in [-0.2, 0) is 0 Å². The zero-order valence-corrected chi connectivity index (χ0v) is 11.5. The first kappa shape index (κ1) is 14.7. The predicted octanol–water partition coefficient (Wildman–Crippen LogP) is 2.09. The number of nitrogens with zero attached hydrogens (tertiary/aromatic N) is 1. The maximum Gasteiger partial charge on any atom is 0.258 e. The summed E-state index contributed by atoms with van der Waals surface area (Å²) in [6.45, 7) is 2.11. The number of amides is 1. The number of carbonyl (C=O) groups excluding carboxylic acids is 1. The molecule has 0 saturated heterocycles. The third kappa shape index (κ3) is 3.65. The van der Waals surface area contributed by atoms with E-state index in [1.54, 1.807) is 12.1 Å². The largest absolute Gasteiger partial charge is 0.321 e. The molecule has 0 aliphatic carbocycles. The fourth-order valence-electron chi connectivity index (χ4n) is 1.77. The van der Waals surface area contributed by atoms with Crippen molar-refractivity contribution in [2.45, 2.75) is 6.92 Å². The van der Waals surface area contributed by atoms with Crippen LogP contribution in [0.4, 0.5) is 10.1 Å². The number of nitrogens with one attached hydrogen (secondary N) is 1. The van der Waals surface area contributed by atoms with Crippen LogP contribution >= 0.6 is 0 Å². The quantitative estimate of drug-likeness (QED) is 0.829. The number of aromatic nitrogens is 1.